The van der Waals surface area contributed by atoms with Crippen LogP contribution in [0.3, 0.4) is 0 Å². The standard InChI is InChI=1S/C15H14ClNO2S2/c1-17-13-6-4-3-5-11(13)15(16)12-8-7-10(20-2)9-14(12)21(17,18)19/h3-9,15H,1-2H3. The first-order valence-corrected chi connectivity index (χ1v) is 9.47. The Balaban J connectivity index is 2.36. The van der Waals surface area contributed by atoms with E-state index in [1.807, 2.05) is 36.6 Å². The predicted octanol–water partition coefficient (Wildman–Crippen LogP) is 3.88. The second-order valence-electron chi connectivity index (χ2n) is 4.80. The lowest BCUT2D eigenvalue weighted by Crippen LogP contribution is -2.26. The Morgan fingerprint density at radius 1 is 1.14 bits per heavy atom. The molecule has 0 amide bonds. The van der Waals surface area contributed by atoms with E-state index in [1.165, 1.54) is 16.1 Å². The zero-order valence-electron chi connectivity index (χ0n) is 11.6. The molecule has 0 aliphatic carbocycles. The van der Waals surface area contributed by atoms with Gasteiger partial charge in [0.1, 0.15) is 0 Å². The molecule has 0 N–H and O–H groups in total. The molecular weight excluding hydrogens is 326 g/mol. The number of nitrogens with zero attached hydrogens (tertiary/aromatic N) is 1. The van der Waals surface area contributed by atoms with Gasteiger partial charge >= 0.3 is 0 Å². The van der Waals surface area contributed by atoms with Crippen LogP contribution in [0.2, 0.25) is 0 Å². The maximum absolute atomic E-state index is 12.9. The van der Waals surface area contributed by atoms with Gasteiger partial charge in [-0.05, 0) is 35.6 Å². The van der Waals surface area contributed by atoms with Crippen LogP contribution >= 0.6 is 23.4 Å². The van der Waals surface area contributed by atoms with Gasteiger partial charge in [0.15, 0.2) is 0 Å². The van der Waals surface area contributed by atoms with Crippen molar-refractivity contribution in [2.24, 2.45) is 0 Å². The number of anilines is 1. The number of alkyl halides is 1. The van der Waals surface area contributed by atoms with Crippen LogP contribution in [0.4, 0.5) is 5.69 Å². The fourth-order valence-corrected chi connectivity index (χ4v) is 4.94. The van der Waals surface area contributed by atoms with Crippen molar-refractivity contribution >= 4 is 39.1 Å². The average molecular weight is 340 g/mol. The van der Waals surface area contributed by atoms with Crippen molar-refractivity contribution < 1.29 is 8.42 Å². The Morgan fingerprint density at radius 3 is 2.57 bits per heavy atom. The number of thioether (sulfide) groups is 1. The molecule has 1 aliphatic heterocycles. The van der Waals surface area contributed by atoms with Gasteiger partial charge in [0, 0.05) is 11.9 Å². The Morgan fingerprint density at radius 2 is 1.86 bits per heavy atom. The van der Waals surface area contributed by atoms with E-state index in [2.05, 4.69) is 0 Å². The fraction of sp³-hybridized carbons (Fsp3) is 0.200. The topological polar surface area (TPSA) is 37.4 Å². The van der Waals surface area contributed by atoms with Gasteiger partial charge in [0.05, 0.1) is 16.0 Å². The predicted molar refractivity (Wildman–Crippen MR) is 87.9 cm³/mol. The molecule has 3 nitrogen and oxygen atoms in total. The monoisotopic (exact) mass is 339 g/mol. The van der Waals surface area contributed by atoms with Gasteiger partial charge in [-0.3, -0.25) is 4.31 Å². The summed E-state index contributed by atoms with van der Waals surface area (Å²) in [7, 11) is -2.03. The van der Waals surface area contributed by atoms with E-state index in [4.69, 9.17) is 11.6 Å². The molecule has 1 heterocycles. The number of benzene rings is 2. The molecule has 2 aromatic carbocycles. The molecule has 1 unspecified atom stereocenters. The molecule has 3 rings (SSSR count). The number of fused-ring (bicyclic) bond motifs is 2. The fourth-order valence-electron chi connectivity index (χ4n) is 2.51. The van der Waals surface area contributed by atoms with Gasteiger partial charge < -0.3 is 0 Å². The van der Waals surface area contributed by atoms with Crippen LogP contribution in [0.5, 0.6) is 0 Å². The van der Waals surface area contributed by atoms with Crippen LogP contribution in [0.25, 0.3) is 0 Å². The summed E-state index contributed by atoms with van der Waals surface area (Å²) in [6, 6.07) is 12.8. The molecule has 1 aliphatic rings. The highest BCUT2D eigenvalue weighted by Gasteiger charge is 2.34. The number of hydrogen-bond donors (Lipinski definition) is 0. The zero-order chi connectivity index (χ0) is 15.2. The lowest BCUT2D eigenvalue weighted by Gasteiger charge is -2.19. The van der Waals surface area contributed by atoms with Crippen LogP contribution in [0.15, 0.2) is 52.3 Å². The highest BCUT2D eigenvalue weighted by Crippen LogP contribution is 2.43. The van der Waals surface area contributed by atoms with Crippen molar-refractivity contribution in [1.82, 2.24) is 0 Å². The number of sulfonamides is 1. The summed E-state index contributed by atoms with van der Waals surface area (Å²) < 4.78 is 27.0. The summed E-state index contributed by atoms with van der Waals surface area (Å²) in [6.07, 6.45) is 1.92. The van der Waals surface area contributed by atoms with Crippen LogP contribution in [0.1, 0.15) is 16.5 Å². The molecule has 2 aromatic rings. The molecule has 0 aromatic heterocycles. The molecule has 1 atom stereocenters. The quantitative estimate of drug-likeness (QED) is 0.584. The normalized spacial score (nSPS) is 19.6. The first-order valence-electron chi connectivity index (χ1n) is 6.36. The first kappa shape index (κ1) is 14.8. The second kappa shape index (κ2) is 5.23. The number of halogens is 1. The SMILES string of the molecule is CSc1ccc2c(c1)S(=O)(=O)N(C)c1ccccc1C2Cl. The third-order valence-electron chi connectivity index (χ3n) is 3.68. The molecule has 0 saturated carbocycles. The Hall–Kier alpha value is -1.17. The number of hydrogen-bond acceptors (Lipinski definition) is 3. The minimum absolute atomic E-state index is 0.285. The van der Waals surface area contributed by atoms with Gasteiger partial charge in [-0.15, -0.1) is 23.4 Å². The lowest BCUT2D eigenvalue weighted by molar-refractivity contribution is 0.594. The highest BCUT2D eigenvalue weighted by atomic mass is 35.5. The van der Waals surface area contributed by atoms with Crippen molar-refractivity contribution in [3.8, 4) is 0 Å². The van der Waals surface area contributed by atoms with Gasteiger partial charge in [0.2, 0.25) is 0 Å². The van der Waals surface area contributed by atoms with Crippen LogP contribution in [-0.2, 0) is 10.0 Å². The molecule has 0 radical (unpaired) electrons. The lowest BCUT2D eigenvalue weighted by atomic mass is 10.0. The van der Waals surface area contributed by atoms with Crippen molar-refractivity contribution in [3.05, 3.63) is 53.6 Å². The molecule has 0 spiro atoms. The van der Waals surface area contributed by atoms with Gasteiger partial charge in [0.25, 0.3) is 10.0 Å². The van der Waals surface area contributed by atoms with Crippen molar-refractivity contribution in [1.29, 1.82) is 0 Å². The van der Waals surface area contributed by atoms with Crippen LogP contribution in [-0.4, -0.2) is 21.7 Å². The largest absolute Gasteiger partial charge is 0.269 e. The maximum Gasteiger partial charge on any atom is 0.264 e. The van der Waals surface area contributed by atoms with Crippen molar-refractivity contribution in [3.63, 3.8) is 0 Å². The van der Waals surface area contributed by atoms with E-state index < -0.39 is 15.4 Å². The van der Waals surface area contributed by atoms with E-state index in [9.17, 15) is 8.42 Å². The van der Waals surface area contributed by atoms with E-state index >= 15 is 0 Å². The molecule has 6 heteroatoms. The summed E-state index contributed by atoms with van der Waals surface area (Å²) in [5, 5.41) is -0.480. The second-order valence-corrected chi connectivity index (χ2v) is 8.05. The van der Waals surface area contributed by atoms with E-state index in [-0.39, 0.29) is 4.90 Å². The third kappa shape index (κ3) is 2.24. The number of para-hydroxylation sites is 1. The number of rotatable bonds is 1. The van der Waals surface area contributed by atoms with Crippen molar-refractivity contribution in [2.45, 2.75) is 15.2 Å². The Kier molecular flexibility index (Phi) is 3.67. The molecule has 0 saturated heterocycles. The van der Waals surface area contributed by atoms with Gasteiger partial charge in [-0.1, -0.05) is 24.3 Å². The summed E-state index contributed by atoms with van der Waals surface area (Å²) in [6.45, 7) is 0. The Bertz CT molecular complexity index is 805. The van der Waals surface area contributed by atoms with Gasteiger partial charge in [-0.2, -0.15) is 0 Å². The smallest absolute Gasteiger partial charge is 0.264 e. The molecule has 21 heavy (non-hydrogen) atoms. The van der Waals surface area contributed by atoms with Crippen molar-refractivity contribution in [2.75, 3.05) is 17.6 Å². The summed E-state index contributed by atoms with van der Waals surface area (Å²) in [4.78, 5) is 1.19. The first-order chi connectivity index (χ1) is 9.96. The van der Waals surface area contributed by atoms with Crippen LogP contribution < -0.4 is 4.31 Å². The maximum atomic E-state index is 12.9. The summed E-state index contributed by atoms with van der Waals surface area (Å²) >= 11 is 8.08. The Labute approximate surface area is 134 Å². The van der Waals surface area contributed by atoms with E-state index in [0.29, 0.717) is 11.3 Å². The molecule has 0 bridgehead atoms. The molecule has 110 valence electrons. The highest BCUT2D eigenvalue weighted by molar-refractivity contribution is 7.98. The van der Waals surface area contributed by atoms with Gasteiger partial charge in [-0.25, -0.2) is 8.42 Å². The minimum Gasteiger partial charge on any atom is -0.269 e. The van der Waals surface area contributed by atoms with E-state index in [0.717, 1.165) is 10.5 Å². The minimum atomic E-state index is -3.60. The summed E-state index contributed by atoms with van der Waals surface area (Å²) in [5.41, 5.74) is 2.06. The third-order valence-corrected chi connectivity index (χ3v) is 6.70. The molecule has 0 fully saturated rings. The average Bonchev–Trinajstić information content (AvgIpc) is 2.57. The zero-order valence-corrected chi connectivity index (χ0v) is 14.0. The van der Waals surface area contributed by atoms with E-state index in [1.54, 1.807) is 19.2 Å². The van der Waals surface area contributed by atoms with Crippen LogP contribution in [0, 0.1) is 0 Å². The molecular formula is C15H14ClNO2S2. The summed E-state index contributed by atoms with van der Waals surface area (Å²) in [5.74, 6) is 0.